The summed E-state index contributed by atoms with van der Waals surface area (Å²) in [5, 5.41) is 1.12. The molecule has 196 valence electrons. The van der Waals surface area contributed by atoms with E-state index in [-0.39, 0.29) is 5.60 Å². The third kappa shape index (κ3) is 4.49. The molecule has 0 radical (unpaired) electrons. The fraction of sp³-hybridized carbons (Fsp3) is 0.536. The van der Waals surface area contributed by atoms with Crippen molar-refractivity contribution in [1.29, 1.82) is 0 Å². The summed E-state index contributed by atoms with van der Waals surface area (Å²) in [6.07, 6.45) is 4.28. The van der Waals surface area contributed by atoms with Crippen molar-refractivity contribution in [3.8, 4) is 11.4 Å². The number of anilines is 1. The second kappa shape index (κ2) is 9.70. The van der Waals surface area contributed by atoms with Gasteiger partial charge in [0.25, 0.3) is 0 Å². The van der Waals surface area contributed by atoms with E-state index in [0.29, 0.717) is 19.1 Å². The molecule has 1 aromatic carbocycles. The molecule has 2 fully saturated rings. The first kappa shape index (κ1) is 24.3. The number of imidazole rings is 1. The monoisotopic (exact) mass is 503 g/mol. The Labute approximate surface area is 217 Å². The van der Waals surface area contributed by atoms with Gasteiger partial charge in [-0.3, -0.25) is 4.90 Å². The molecule has 0 unspecified atom stereocenters. The summed E-state index contributed by atoms with van der Waals surface area (Å²) in [4.78, 5) is 23.5. The molecule has 6 rings (SSSR count). The van der Waals surface area contributed by atoms with Crippen molar-refractivity contribution in [2.45, 2.75) is 38.8 Å². The van der Waals surface area contributed by atoms with Crippen molar-refractivity contribution in [3.63, 3.8) is 0 Å². The highest BCUT2D eigenvalue weighted by atomic mass is 16.5. The summed E-state index contributed by atoms with van der Waals surface area (Å²) in [6.45, 7) is 10.3. The first-order valence-corrected chi connectivity index (χ1v) is 13.3. The number of rotatable bonds is 6. The molecule has 9 nitrogen and oxygen atoms in total. The Balaban J connectivity index is 1.36. The molecule has 1 N–H and O–H groups in total. The fourth-order valence-electron chi connectivity index (χ4n) is 5.76. The van der Waals surface area contributed by atoms with Crippen molar-refractivity contribution < 1.29 is 9.47 Å². The van der Waals surface area contributed by atoms with Crippen LogP contribution in [0, 0.1) is 5.92 Å². The minimum absolute atomic E-state index is 0.0779. The second-order valence-corrected chi connectivity index (χ2v) is 10.8. The van der Waals surface area contributed by atoms with Crippen LogP contribution in [0.5, 0.6) is 0 Å². The number of benzene rings is 1. The predicted octanol–water partition coefficient (Wildman–Crippen LogP) is 3.99. The molecular weight excluding hydrogens is 466 g/mol. The number of H-pyrrole nitrogens is 1. The van der Waals surface area contributed by atoms with Crippen molar-refractivity contribution in [3.05, 3.63) is 36.3 Å². The van der Waals surface area contributed by atoms with Crippen molar-refractivity contribution >= 4 is 27.9 Å². The van der Waals surface area contributed by atoms with Crippen LogP contribution < -0.4 is 4.90 Å². The standard InChI is InChI=1S/C28H37N7O2/c1-28(2,36-4)19-9-11-34(12-10-19)18-23-30-24-26(33(23)3)31-25(32-27(24)35-13-15-37-16-14-35)21-17-29-22-8-6-5-7-20(21)22/h5-8,17,19,29H,9-16,18H2,1-4H3. The fourth-order valence-corrected chi connectivity index (χ4v) is 5.76. The lowest BCUT2D eigenvalue weighted by molar-refractivity contribution is -0.0495. The molecule has 0 aliphatic carbocycles. The van der Waals surface area contributed by atoms with Crippen LogP contribution in [-0.4, -0.2) is 81.5 Å². The van der Waals surface area contributed by atoms with Crippen LogP contribution in [0.3, 0.4) is 0 Å². The van der Waals surface area contributed by atoms with Crippen LogP contribution in [0.4, 0.5) is 5.82 Å². The first-order valence-electron chi connectivity index (χ1n) is 13.3. The Bertz CT molecular complexity index is 1390. The summed E-state index contributed by atoms with van der Waals surface area (Å²) < 4.78 is 13.6. The third-order valence-electron chi connectivity index (χ3n) is 8.40. The minimum Gasteiger partial charge on any atom is -0.379 e. The zero-order valence-electron chi connectivity index (χ0n) is 22.3. The quantitative estimate of drug-likeness (QED) is 0.426. The van der Waals surface area contributed by atoms with E-state index in [0.717, 1.165) is 90.7 Å². The number of para-hydroxylation sites is 1. The number of aryl methyl sites for hydroxylation is 1. The van der Waals surface area contributed by atoms with E-state index in [2.05, 4.69) is 58.4 Å². The van der Waals surface area contributed by atoms with Gasteiger partial charge in [0.2, 0.25) is 0 Å². The second-order valence-electron chi connectivity index (χ2n) is 10.8. The van der Waals surface area contributed by atoms with Gasteiger partial charge in [-0.25, -0.2) is 15.0 Å². The van der Waals surface area contributed by atoms with Gasteiger partial charge in [-0.05, 0) is 51.8 Å². The number of nitrogens with one attached hydrogen (secondary N) is 1. The van der Waals surface area contributed by atoms with E-state index in [9.17, 15) is 0 Å². The summed E-state index contributed by atoms with van der Waals surface area (Å²) in [7, 11) is 3.91. The summed E-state index contributed by atoms with van der Waals surface area (Å²) in [5.74, 6) is 3.23. The van der Waals surface area contributed by atoms with Gasteiger partial charge < -0.3 is 23.9 Å². The summed E-state index contributed by atoms with van der Waals surface area (Å²) >= 11 is 0. The van der Waals surface area contributed by atoms with E-state index >= 15 is 0 Å². The van der Waals surface area contributed by atoms with Gasteiger partial charge in [-0.1, -0.05) is 18.2 Å². The normalized spacial score (nSPS) is 18.3. The molecule has 2 aliphatic rings. The molecule has 0 bridgehead atoms. The van der Waals surface area contributed by atoms with Crippen molar-refractivity contribution in [2.75, 3.05) is 51.4 Å². The van der Waals surface area contributed by atoms with Gasteiger partial charge in [0.15, 0.2) is 22.8 Å². The Kier molecular flexibility index (Phi) is 6.38. The number of likely N-dealkylation sites (tertiary alicyclic amines) is 1. The molecule has 5 heterocycles. The molecule has 0 spiro atoms. The Morgan fingerprint density at radius 2 is 1.81 bits per heavy atom. The van der Waals surface area contributed by atoms with Gasteiger partial charge in [0, 0.05) is 49.9 Å². The highest BCUT2D eigenvalue weighted by Gasteiger charge is 2.33. The van der Waals surface area contributed by atoms with Crippen LogP contribution in [0.2, 0.25) is 0 Å². The largest absolute Gasteiger partial charge is 0.379 e. The Morgan fingerprint density at radius 3 is 2.57 bits per heavy atom. The Morgan fingerprint density at radius 1 is 1.05 bits per heavy atom. The number of ether oxygens (including phenoxy) is 2. The smallest absolute Gasteiger partial charge is 0.166 e. The van der Waals surface area contributed by atoms with Gasteiger partial charge >= 0.3 is 0 Å². The topological polar surface area (TPSA) is 84.3 Å². The molecule has 4 aromatic rings. The maximum atomic E-state index is 5.76. The number of fused-ring (bicyclic) bond motifs is 2. The number of nitrogens with zero attached hydrogens (tertiary/aromatic N) is 6. The lowest BCUT2D eigenvalue weighted by Crippen LogP contribution is -2.42. The van der Waals surface area contributed by atoms with E-state index in [1.165, 1.54) is 0 Å². The van der Waals surface area contributed by atoms with Crippen LogP contribution in [0.1, 0.15) is 32.5 Å². The summed E-state index contributed by atoms with van der Waals surface area (Å²) in [6, 6.07) is 8.30. The predicted molar refractivity (Wildman–Crippen MR) is 146 cm³/mol. The lowest BCUT2D eigenvalue weighted by atomic mass is 9.83. The minimum atomic E-state index is -0.0779. The van der Waals surface area contributed by atoms with Crippen LogP contribution in [0.15, 0.2) is 30.5 Å². The number of hydrogen-bond acceptors (Lipinski definition) is 7. The van der Waals surface area contributed by atoms with Gasteiger partial charge in [-0.15, -0.1) is 0 Å². The first-order chi connectivity index (χ1) is 17.9. The number of aromatic amines is 1. The lowest BCUT2D eigenvalue weighted by Gasteiger charge is -2.39. The van der Waals surface area contributed by atoms with Crippen molar-refractivity contribution in [1.82, 2.24) is 29.4 Å². The molecule has 2 saturated heterocycles. The van der Waals surface area contributed by atoms with Crippen molar-refractivity contribution in [2.24, 2.45) is 13.0 Å². The number of aromatic nitrogens is 5. The number of piperidine rings is 1. The molecular formula is C28H37N7O2. The zero-order valence-corrected chi connectivity index (χ0v) is 22.3. The molecule has 0 amide bonds. The Hall–Kier alpha value is -3.01. The van der Waals surface area contributed by atoms with Gasteiger partial charge in [0.05, 0.1) is 25.4 Å². The highest BCUT2D eigenvalue weighted by Crippen LogP contribution is 2.33. The number of morpholine rings is 1. The molecule has 37 heavy (non-hydrogen) atoms. The third-order valence-corrected chi connectivity index (χ3v) is 8.40. The maximum absolute atomic E-state index is 5.76. The molecule has 0 atom stereocenters. The van der Waals surface area contributed by atoms with Crippen LogP contribution in [-0.2, 0) is 23.1 Å². The number of methoxy groups -OCH3 is 1. The van der Waals surface area contributed by atoms with Gasteiger partial charge in [-0.2, -0.15) is 0 Å². The average Bonchev–Trinajstić information content (AvgIpc) is 3.50. The van der Waals surface area contributed by atoms with E-state index < -0.39 is 0 Å². The van der Waals surface area contributed by atoms with E-state index in [4.69, 9.17) is 24.4 Å². The SMILES string of the molecule is COC(C)(C)C1CCN(Cc2nc3c(N4CCOCC4)nc(-c4c[nH]c5ccccc45)nc3n2C)CC1. The maximum Gasteiger partial charge on any atom is 0.166 e. The molecule has 3 aromatic heterocycles. The van der Waals surface area contributed by atoms with Gasteiger partial charge in [0.1, 0.15) is 5.82 Å². The highest BCUT2D eigenvalue weighted by molar-refractivity contribution is 5.95. The molecule has 0 saturated carbocycles. The van der Waals surface area contributed by atoms with E-state index in [1.54, 1.807) is 0 Å². The molecule has 2 aliphatic heterocycles. The molecule has 9 heteroatoms. The zero-order chi connectivity index (χ0) is 25.6. The average molecular weight is 504 g/mol. The summed E-state index contributed by atoms with van der Waals surface area (Å²) in [5.41, 5.74) is 3.77. The number of hydrogen-bond donors (Lipinski definition) is 1. The van der Waals surface area contributed by atoms with Crippen LogP contribution >= 0.6 is 0 Å². The van der Waals surface area contributed by atoms with E-state index in [1.807, 2.05) is 19.4 Å². The van der Waals surface area contributed by atoms with Crippen LogP contribution in [0.25, 0.3) is 33.5 Å².